The van der Waals surface area contributed by atoms with Gasteiger partial charge in [-0.05, 0) is 18.6 Å². The van der Waals surface area contributed by atoms with Gasteiger partial charge in [0.1, 0.15) is 0 Å². The number of allylic oxidation sites excluding steroid dienone is 1. The fourth-order valence-electron chi connectivity index (χ4n) is 1.02. The molecule has 0 aliphatic heterocycles. The van der Waals surface area contributed by atoms with Crippen molar-refractivity contribution in [2.75, 3.05) is 0 Å². The van der Waals surface area contributed by atoms with Gasteiger partial charge in [-0.3, -0.25) is 4.79 Å². The Hall–Kier alpha value is -1.84. The van der Waals surface area contributed by atoms with Gasteiger partial charge in [-0.2, -0.15) is 0 Å². The Kier molecular flexibility index (Phi) is 3.23. The van der Waals surface area contributed by atoms with Gasteiger partial charge in [-0.15, -0.1) is 0 Å². The van der Waals surface area contributed by atoms with Crippen LogP contribution in [0.3, 0.4) is 0 Å². The summed E-state index contributed by atoms with van der Waals surface area (Å²) in [5.41, 5.74) is 0.772. The number of hydrogen-bond acceptors (Lipinski definition) is 2. The Balaban J connectivity index is 2.78. The number of carboxylic acid groups (broad SMARTS) is 1. The lowest BCUT2D eigenvalue weighted by Crippen LogP contribution is -2.17. The summed E-state index contributed by atoms with van der Waals surface area (Å²) >= 11 is 0. The highest BCUT2D eigenvalue weighted by Crippen LogP contribution is 1.91. The first-order valence-corrected chi connectivity index (χ1v) is 4.16. The standard InChI is InChI=1S/C10H11NO3/c1-8-4-6-11(9(12)7-8)5-2-3-10(13)14/h2-4,6-7H,5H2,1H3,(H,13,14)/b3-2+. The summed E-state index contributed by atoms with van der Waals surface area (Å²) in [6.45, 7) is 2.12. The van der Waals surface area contributed by atoms with E-state index in [9.17, 15) is 9.59 Å². The molecule has 1 aromatic heterocycles. The summed E-state index contributed by atoms with van der Waals surface area (Å²) < 4.78 is 1.44. The van der Waals surface area contributed by atoms with E-state index in [1.54, 1.807) is 12.3 Å². The average molecular weight is 193 g/mol. The predicted octanol–water partition coefficient (Wildman–Crippen LogP) is 0.798. The van der Waals surface area contributed by atoms with Crippen LogP contribution in [0.4, 0.5) is 0 Å². The second-order valence-electron chi connectivity index (χ2n) is 2.94. The molecule has 14 heavy (non-hydrogen) atoms. The molecule has 0 bridgehead atoms. The van der Waals surface area contributed by atoms with Gasteiger partial charge in [0.2, 0.25) is 0 Å². The van der Waals surface area contributed by atoms with E-state index in [0.29, 0.717) is 0 Å². The molecule has 0 aromatic carbocycles. The molecule has 0 spiro atoms. The molecule has 0 aliphatic carbocycles. The lowest BCUT2D eigenvalue weighted by molar-refractivity contribution is -0.131. The summed E-state index contributed by atoms with van der Waals surface area (Å²) in [5.74, 6) is -1.01. The van der Waals surface area contributed by atoms with Gasteiger partial charge in [-0.1, -0.05) is 6.08 Å². The fourth-order valence-corrected chi connectivity index (χ4v) is 1.02. The molecule has 4 nitrogen and oxygen atoms in total. The third kappa shape index (κ3) is 2.90. The lowest BCUT2D eigenvalue weighted by Gasteiger charge is -2.00. The van der Waals surface area contributed by atoms with Crippen molar-refractivity contribution in [2.45, 2.75) is 13.5 Å². The molecule has 1 heterocycles. The van der Waals surface area contributed by atoms with Gasteiger partial charge in [0.15, 0.2) is 0 Å². The molecule has 0 radical (unpaired) electrons. The number of pyridine rings is 1. The summed E-state index contributed by atoms with van der Waals surface area (Å²) in [5, 5.41) is 8.33. The molecule has 74 valence electrons. The Morgan fingerprint density at radius 2 is 2.36 bits per heavy atom. The van der Waals surface area contributed by atoms with E-state index in [4.69, 9.17) is 5.11 Å². The number of hydrogen-bond donors (Lipinski definition) is 1. The third-order valence-electron chi connectivity index (χ3n) is 1.71. The van der Waals surface area contributed by atoms with Crippen LogP contribution in [0, 0.1) is 6.92 Å². The van der Waals surface area contributed by atoms with Gasteiger partial charge in [0.05, 0.1) is 0 Å². The number of nitrogens with zero attached hydrogens (tertiary/aromatic N) is 1. The molecule has 0 saturated carbocycles. The molecule has 0 atom stereocenters. The first-order valence-electron chi connectivity index (χ1n) is 4.16. The van der Waals surface area contributed by atoms with E-state index in [2.05, 4.69) is 0 Å². The normalized spacial score (nSPS) is 10.6. The highest BCUT2D eigenvalue weighted by Gasteiger charge is 1.93. The molecule has 0 amide bonds. The minimum atomic E-state index is -1.01. The number of aryl methyl sites for hydroxylation is 1. The second kappa shape index (κ2) is 4.41. The van der Waals surface area contributed by atoms with Crippen LogP contribution in [0.15, 0.2) is 35.3 Å². The van der Waals surface area contributed by atoms with Gasteiger partial charge in [0.25, 0.3) is 5.56 Å². The van der Waals surface area contributed by atoms with Crippen molar-refractivity contribution in [3.05, 3.63) is 46.4 Å². The Morgan fingerprint density at radius 3 is 2.93 bits per heavy atom. The zero-order valence-corrected chi connectivity index (χ0v) is 7.80. The molecule has 4 heteroatoms. The Morgan fingerprint density at radius 1 is 1.64 bits per heavy atom. The Bertz CT molecular complexity index is 418. The lowest BCUT2D eigenvalue weighted by atomic mass is 10.3. The van der Waals surface area contributed by atoms with Crippen molar-refractivity contribution in [3.63, 3.8) is 0 Å². The van der Waals surface area contributed by atoms with Crippen LogP contribution in [0.2, 0.25) is 0 Å². The second-order valence-corrected chi connectivity index (χ2v) is 2.94. The van der Waals surface area contributed by atoms with Crippen LogP contribution in [-0.4, -0.2) is 15.6 Å². The van der Waals surface area contributed by atoms with Gasteiger partial charge < -0.3 is 9.67 Å². The molecule has 0 fully saturated rings. The highest BCUT2D eigenvalue weighted by molar-refractivity contribution is 5.79. The van der Waals surface area contributed by atoms with Crippen LogP contribution >= 0.6 is 0 Å². The zero-order valence-electron chi connectivity index (χ0n) is 7.80. The van der Waals surface area contributed by atoms with E-state index in [-0.39, 0.29) is 12.1 Å². The van der Waals surface area contributed by atoms with Crippen LogP contribution in [0.25, 0.3) is 0 Å². The summed E-state index contributed by atoms with van der Waals surface area (Å²) in [6, 6.07) is 3.31. The van der Waals surface area contributed by atoms with Crippen molar-refractivity contribution in [1.29, 1.82) is 0 Å². The van der Waals surface area contributed by atoms with Crippen LogP contribution in [-0.2, 0) is 11.3 Å². The molecule has 0 saturated heterocycles. The first-order chi connectivity index (χ1) is 6.59. The number of aromatic nitrogens is 1. The molecule has 0 unspecified atom stereocenters. The maximum absolute atomic E-state index is 11.3. The third-order valence-corrected chi connectivity index (χ3v) is 1.71. The fraction of sp³-hybridized carbons (Fsp3) is 0.200. The van der Waals surface area contributed by atoms with Gasteiger partial charge in [-0.25, -0.2) is 4.79 Å². The average Bonchev–Trinajstić information content (AvgIpc) is 2.08. The SMILES string of the molecule is Cc1ccn(C/C=C/C(=O)O)c(=O)c1. The summed E-state index contributed by atoms with van der Waals surface area (Å²) in [4.78, 5) is 21.5. The number of aliphatic carboxylic acids is 1. The first kappa shape index (κ1) is 10.2. The van der Waals surface area contributed by atoms with Crippen LogP contribution < -0.4 is 5.56 Å². The molecule has 1 N–H and O–H groups in total. The Labute approximate surface area is 81.1 Å². The minimum Gasteiger partial charge on any atom is -0.478 e. The molecular weight excluding hydrogens is 182 g/mol. The van der Waals surface area contributed by atoms with Crippen molar-refractivity contribution >= 4 is 5.97 Å². The van der Waals surface area contributed by atoms with E-state index in [1.165, 1.54) is 16.7 Å². The van der Waals surface area contributed by atoms with Crippen molar-refractivity contribution in [2.24, 2.45) is 0 Å². The van der Waals surface area contributed by atoms with Crippen LogP contribution in [0.5, 0.6) is 0 Å². The van der Waals surface area contributed by atoms with E-state index < -0.39 is 5.97 Å². The summed E-state index contributed by atoms with van der Waals surface area (Å²) in [6.07, 6.45) is 4.09. The molecular formula is C10H11NO3. The largest absolute Gasteiger partial charge is 0.478 e. The van der Waals surface area contributed by atoms with E-state index in [1.807, 2.05) is 6.92 Å². The molecule has 0 aliphatic rings. The number of carboxylic acids is 1. The van der Waals surface area contributed by atoms with Gasteiger partial charge >= 0.3 is 5.97 Å². The summed E-state index contributed by atoms with van der Waals surface area (Å²) in [7, 11) is 0. The topological polar surface area (TPSA) is 59.3 Å². The van der Waals surface area contributed by atoms with Crippen molar-refractivity contribution < 1.29 is 9.90 Å². The number of rotatable bonds is 3. The quantitative estimate of drug-likeness (QED) is 0.722. The molecule has 1 rings (SSSR count). The predicted molar refractivity (Wildman–Crippen MR) is 52.2 cm³/mol. The van der Waals surface area contributed by atoms with Gasteiger partial charge in [0, 0.05) is 24.9 Å². The highest BCUT2D eigenvalue weighted by atomic mass is 16.4. The monoisotopic (exact) mass is 193 g/mol. The van der Waals surface area contributed by atoms with Crippen LogP contribution in [0.1, 0.15) is 5.56 Å². The maximum atomic E-state index is 11.3. The van der Waals surface area contributed by atoms with Crippen molar-refractivity contribution in [3.8, 4) is 0 Å². The van der Waals surface area contributed by atoms with E-state index >= 15 is 0 Å². The minimum absolute atomic E-state index is 0.125. The maximum Gasteiger partial charge on any atom is 0.328 e. The zero-order chi connectivity index (χ0) is 10.6. The smallest absolute Gasteiger partial charge is 0.328 e. The van der Waals surface area contributed by atoms with Crippen molar-refractivity contribution in [1.82, 2.24) is 4.57 Å². The molecule has 1 aromatic rings. The van der Waals surface area contributed by atoms with E-state index in [0.717, 1.165) is 11.6 Å². The number of carbonyl (C=O) groups is 1.